The number of rotatable bonds is 6. The number of aromatic nitrogens is 2. The Labute approximate surface area is 154 Å². The number of benzene rings is 2. The highest BCUT2D eigenvalue weighted by molar-refractivity contribution is 6.30. The lowest BCUT2D eigenvalue weighted by atomic mass is 9.95. The first-order valence-corrected chi connectivity index (χ1v) is 9.17. The summed E-state index contributed by atoms with van der Waals surface area (Å²) in [5, 5.41) is 0.731. The highest BCUT2D eigenvalue weighted by atomic mass is 35.5. The maximum atomic E-state index is 5.89. The van der Waals surface area contributed by atoms with E-state index in [9.17, 15) is 0 Å². The number of halogens is 1. The van der Waals surface area contributed by atoms with Gasteiger partial charge in [-0.05, 0) is 49.2 Å². The lowest BCUT2D eigenvalue weighted by molar-refractivity contribution is 0.302. The minimum absolute atomic E-state index is 0.0266. The van der Waals surface area contributed by atoms with Gasteiger partial charge in [-0.25, -0.2) is 4.98 Å². The SMILES string of the molecule is CC(C)(C)c1nc2ccccc2n1CCCCOc1ccc(Cl)cc1. The largest absolute Gasteiger partial charge is 0.494 e. The molecule has 0 aliphatic rings. The van der Waals surface area contributed by atoms with Gasteiger partial charge >= 0.3 is 0 Å². The van der Waals surface area contributed by atoms with Gasteiger partial charge in [0.1, 0.15) is 11.6 Å². The molecule has 4 heteroatoms. The third-order valence-electron chi connectivity index (χ3n) is 4.18. The van der Waals surface area contributed by atoms with Crippen molar-refractivity contribution < 1.29 is 4.74 Å². The molecule has 0 aliphatic carbocycles. The van der Waals surface area contributed by atoms with Crippen LogP contribution in [0.2, 0.25) is 5.02 Å². The van der Waals surface area contributed by atoms with Crippen molar-refractivity contribution >= 4 is 22.6 Å². The summed E-state index contributed by atoms with van der Waals surface area (Å²) in [6.45, 7) is 8.31. The quantitative estimate of drug-likeness (QED) is 0.518. The second kappa shape index (κ2) is 7.49. The number of hydrogen-bond acceptors (Lipinski definition) is 2. The van der Waals surface area contributed by atoms with Gasteiger partial charge in [-0.15, -0.1) is 0 Å². The van der Waals surface area contributed by atoms with E-state index in [1.54, 1.807) is 0 Å². The molecule has 0 unspecified atom stereocenters. The highest BCUT2D eigenvalue weighted by Crippen LogP contribution is 2.26. The molecule has 0 amide bonds. The Morgan fingerprint density at radius 3 is 2.44 bits per heavy atom. The normalized spacial score (nSPS) is 11.8. The Kier molecular flexibility index (Phi) is 5.33. The topological polar surface area (TPSA) is 27.1 Å². The Morgan fingerprint density at radius 1 is 1.00 bits per heavy atom. The van der Waals surface area contributed by atoms with Crippen LogP contribution in [0.5, 0.6) is 5.75 Å². The molecule has 0 N–H and O–H groups in total. The summed E-state index contributed by atoms with van der Waals surface area (Å²) in [6.07, 6.45) is 2.05. The van der Waals surface area contributed by atoms with Crippen molar-refractivity contribution in [1.82, 2.24) is 9.55 Å². The summed E-state index contributed by atoms with van der Waals surface area (Å²) in [5.41, 5.74) is 2.31. The smallest absolute Gasteiger partial charge is 0.119 e. The van der Waals surface area contributed by atoms with Gasteiger partial charge in [0.25, 0.3) is 0 Å². The molecule has 0 saturated carbocycles. The predicted molar refractivity (Wildman–Crippen MR) is 105 cm³/mol. The molecule has 3 rings (SSSR count). The van der Waals surface area contributed by atoms with Crippen LogP contribution in [0, 0.1) is 0 Å². The molecule has 25 heavy (non-hydrogen) atoms. The summed E-state index contributed by atoms with van der Waals surface area (Å²) in [4.78, 5) is 4.86. The maximum absolute atomic E-state index is 5.89. The first-order chi connectivity index (χ1) is 11.9. The van der Waals surface area contributed by atoms with E-state index >= 15 is 0 Å². The van der Waals surface area contributed by atoms with Crippen LogP contribution < -0.4 is 4.74 Å². The second-order valence-corrected chi connectivity index (χ2v) is 7.77. The van der Waals surface area contributed by atoms with Crippen LogP contribution in [-0.4, -0.2) is 16.2 Å². The molecule has 2 aromatic carbocycles. The van der Waals surface area contributed by atoms with Crippen molar-refractivity contribution in [2.75, 3.05) is 6.61 Å². The number of nitrogens with zero attached hydrogens (tertiary/aromatic N) is 2. The first kappa shape index (κ1) is 17.8. The summed E-state index contributed by atoms with van der Waals surface area (Å²) in [7, 11) is 0. The first-order valence-electron chi connectivity index (χ1n) is 8.79. The molecular formula is C21H25ClN2O. The van der Waals surface area contributed by atoms with E-state index < -0.39 is 0 Å². The lowest BCUT2D eigenvalue weighted by Gasteiger charge is -2.20. The highest BCUT2D eigenvalue weighted by Gasteiger charge is 2.22. The maximum Gasteiger partial charge on any atom is 0.119 e. The number of aryl methyl sites for hydroxylation is 1. The minimum atomic E-state index is 0.0266. The number of fused-ring (bicyclic) bond motifs is 1. The summed E-state index contributed by atoms with van der Waals surface area (Å²) < 4.78 is 8.14. The molecule has 0 spiro atoms. The molecule has 1 heterocycles. The molecule has 3 nitrogen and oxygen atoms in total. The van der Waals surface area contributed by atoms with Gasteiger partial charge in [0, 0.05) is 17.0 Å². The van der Waals surface area contributed by atoms with Crippen LogP contribution in [0.4, 0.5) is 0 Å². The van der Waals surface area contributed by atoms with Gasteiger partial charge in [-0.1, -0.05) is 44.5 Å². The van der Waals surface area contributed by atoms with Crippen molar-refractivity contribution in [2.45, 2.75) is 45.6 Å². The van der Waals surface area contributed by atoms with Crippen molar-refractivity contribution in [3.63, 3.8) is 0 Å². The third kappa shape index (κ3) is 4.35. The number of unbranched alkanes of at least 4 members (excludes halogenated alkanes) is 1. The van der Waals surface area contributed by atoms with E-state index in [1.165, 1.54) is 5.52 Å². The monoisotopic (exact) mass is 356 g/mol. The fraction of sp³-hybridized carbons (Fsp3) is 0.381. The second-order valence-electron chi connectivity index (χ2n) is 7.34. The Bertz CT molecular complexity index is 831. The number of imidazole rings is 1. The fourth-order valence-corrected chi connectivity index (χ4v) is 3.09. The van der Waals surface area contributed by atoms with Crippen LogP contribution in [0.15, 0.2) is 48.5 Å². The molecule has 0 bridgehead atoms. The molecule has 0 saturated heterocycles. The van der Waals surface area contributed by atoms with Crippen molar-refractivity contribution in [1.29, 1.82) is 0 Å². The summed E-state index contributed by atoms with van der Waals surface area (Å²) in [5.74, 6) is 2.01. The van der Waals surface area contributed by atoms with Gasteiger partial charge < -0.3 is 9.30 Å². The molecule has 0 aliphatic heterocycles. The number of para-hydroxylation sites is 2. The van der Waals surface area contributed by atoms with Gasteiger partial charge in [0.2, 0.25) is 0 Å². The molecule has 0 fully saturated rings. The number of hydrogen-bond donors (Lipinski definition) is 0. The molecule has 132 valence electrons. The number of ether oxygens (including phenoxy) is 1. The zero-order valence-electron chi connectivity index (χ0n) is 15.1. The van der Waals surface area contributed by atoms with Crippen LogP contribution in [0.1, 0.15) is 39.4 Å². The molecule has 0 radical (unpaired) electrons. The minimum Gasteiger partial charge on any atom is -0.494 e. The summed E-state index contributed by atoms with van der Waals surface area (Å²) in [6, 6.07) is 15.9. The van der Waals surface area contributed by atoms with Crippen LogP contribution in [0.25, 0.3) is 11.0 Å². The van der Waals surface area contributed by atoms with Gasteiger partial charge in [0.05, 0.1) is 17.6 Å². The zero-order valence-corrected chi connectivity index (χ0v) is 15.9. The van der Waals surface area contributed by atoms with E-state index in [0.717, 1.165) is 41.5 Å². The molecular weight excluding hydrogens is 332 g/mol. The zero-order chi connectivity index (χ0) is 17.9. The van der Waals surface area contributed by atoms with E-state index in [2.05, 4.69) is 43.5 Å². The summed E-state index contributed by atoms with van der Waals surface area (Å²) >= 11 is 5.89. The molecule has 3 aromatic rings. The van der Waals surface area contributed by atoms with E-state index in [-0.39, 0.29) is 5.41 Å². The predicted octanol–water partition coefficient (Wildman–Crippen LogP) is 5.85. The Hall–Kier alpha value is -2.00. The van der Waals surface area contributed by atoms with Crippen LogP contribution in [-0.2, 0) is 12.0 Å². The fourth-order valence-electron chi connectivity index (χ4n) is 2.97. The molecule has 0 atom stereocenters. The third-order valence-corrected chi connectivity index (χ3v) is 4.44. The lowest BCUT2D eigenvalue weighted by Crippen LogP contribution is -2.19. The standard InChI is InChI=1S/C21H25ClN2O/c1-21(2,3)20-23-18-8-4-5-9-19(18)24(20)14-6-7-15-25-17-12-10-16(22)11-13-17/h4-5,8-13H,6-7,14-15H2,1-3H3. The van der Waals surface area contributed by atoms with Gasteiger partial charge in [-0.2, -0.15) is 0 Å². The van der Waals surface area contributed by atoms with Crippen LogP contribution >= 0.6 is 11.6 Å². The van der Waals surface area contributed by atoms with Crippen molar-refractivity contribution in [2.24, 2.45) is 0 Å². The molecule has 1 aromatic heterocycles. The van der Waals surface area contributed by atoms with Gasteiger partial charge in [0.15, 0.2) is 0 Å². The average Bonchev–Trinajstić information content (AvgIpc) is 2.95. The Morgan fingerprint density at radius 2 is 1.72 bits per heavy atom. The Balaban J connectivity index is 1.62. The van der Waals surface area contributed by atoms with Crippen molar-refractivity contribution in [3.05, 3.63) is 59.4 Å². The van der Waals surface area contributed by atoms with E-state index in [4.69, 9.17) is 21.3 Å². The van der Waals surface area contributed by atoms with E-state index in [0.29, 0.717) is 6.61 Å². The van der Waals surface area contributed by atoms with Crippen molar-refractivity contribution in [3.8, 4) is 5.75 Å². The average molecular weight is 357 g/mol. The van der Waals surface area contributed by atoms with Crippen LogP contribution in [0.3, 0.4) is 0 Å². The van der Waals surface area contributed by atoms with E-state index in [1.807, 2.05) is 30.3 Å². The van der Waals surface area contributed by atoms with Gasteiger partial charge in [-0.3, -0.25) is 0 Å².